The van der Waals surface area contributed by atoms with Gasteiger partial charge < -0.3 is 9.47 Å². The Labute approximate surface area is 107 Å². The zero-order chi connectivity index (χ0) is 13.2. The van der Waals surface area contributed by atoms with E-state index in [2.05, 4.69) is 6.92 Å². The summed E-state index contributed by atoms with van der Waals surface area (Å²) in [4.78, 5) is 22.0. The molecule has 1 rings (SSSR count). The second kappa shape index (κ2) is 8.42. The number of benzene rings is 1. The highest BCUT2D eigenvalue weighted by molar-refractivity contribution is 5.90. The van der Waals surface area contributed by atoms with Crippen LogP contribution in [0.3, 0.4) is 0 Å². The molecule has 1 aromatic carbocycles. The molecule has 0 bridgehead atoms. The molecule has 0 saturated heterocycles. The van der Waals surface area contributed by atoms with E-state index in [4.69, 9.17) is 9.47 Å². The number of esters is 1. The van der Waals surface area contributed by atoms with Crippen molar-refractivity contribution in [2.45, 2.75) is 19.8 Å². The molecule has 0 radical (unpaired) electrons. The highest BCUT2D eigenvalue weighted by Gasteiger charge is 2.06. The van der Waals surface area contributed by atoms with Crippen LogP contribution < -0.4 is 0 Å². The number of rotatable bonds is 8. The molecule has 0 unspecified atom stereocenters. The first kappa shape index (κ1) is 14.4. The van der Waals surface area contributed by atoms with Crippen LogP contribution in [0.1, 0.15) is 40.5 Å². The summed E-state index contributed by atoms with van der Waals surface area (Å²) in [6.45, 7) is 3.45. The molecule has 0 N–H and O–H groups in total. The molecule has 98 valence electrons. The fourth-order valence-electron chi connectivity index (χ4n) is 1.32. The Kier molecular flexibility index (Phi) is 6.72. The highest BCUT2D eigenvalue weighted by Crippen LogP contribution is 2.04. The van der Waals surface area contributed by atoms with Crippen LogP contribution in [0.25, 0.3) is 0 Å². The molecule has 0 aliphatic carbocycles. The quantitative estimate of drug-likeness (QED) is 0.404. The Balaban J connectivity index is 2.25. The minimum atomic E-state index is -0.397. The van der Waals surface area contributed by atoms with Crippen molar-refractivity contribution in [1.29, 1.82) is 0 Å². The van der Waals surface area contributed by atoms with Gasteiger partial charge in [0.15, 0.2) is 0 Å². The summed E-state index contributed by atoms with van der Waals surface area (Å²) in [5.74, 6) is -0.397. The van der Waals surface area contributed by atoms with E-state index in [0.717, 1.165) is 19.1 Å². The summed E-state index contributed by atoms with van der Waals surface area (Å²) in [6, 6.07) is 6.32. The second-order valence-electron chi connectivity index (χ2n) is 3.84. The zero-order valence-corrected chi connectivity index (χ0v) is 10.6. The lowest BCUT2D eigenvalue weighted by molar-refractivity contribution is 0.0313. The van der Waals surface area contributed by atoms with Crippen LogP contribution in [-0.4, -0.2) is 32.1 Å². The van der Waals surface area contributed by atoms with Crippen LogP contribution in [0.5, 0.6) is 0 Å². The van der Waals surface area contributed by atoms with Crippen molar-refractivity contribution < 1.29 is 19.1 Å². The Bertz CT molecular complexity index is 370. The van der Waals surface area contributed by atoms with E-state index in [0.29, 0.717) is 24.3 Å². The average Bonchev–Trinajstić information content (AvgIpc) is 2.42. The van der Waals surface area contributed by atoms with Gasteiger partial charge in [-0.05, 0) is 18.6 Å². The van der Waals surface area contributed by atoms with E-state index in [9.17, 15) is 9.59 Å². The summed E-state index contributed by atoms with van der Waals surface area (Å²) in [7, 11) is 0. The summed E-state index contributed by atoms with van der Waals surface area (Å²) in [6.07, 6.45) is 2.83. The lowest BCUT2D eigenvalue weighted by Gasteiger charge is -2.05. The number of carbonyl (C=O) groups is 2. The van der Waals surface area contributed by atoms with Crippen LogP contribution in [0.4, 0.5) is 0 Å². The topological polar surface area (TPSA) is 52.6 Å². The van der Waals surface area contributed by atoms with Crippen LogP contribution in [-0.2, 0) is 9.47 Å². The van der Waals surface area contributed by atoms with Gasteiger partial charge in [0.05, 0.1) is 12.2 Å². The average molecular weight is 250 g/mol. The van der Waals surface area contributed by atoms with Gasteiger partial charge in [-0.25, -0.2) is 4.79 Å². The molecule has 18 heavy (non-hydrogen) atoms. The fraction of sp³-hybridized carbons (Fsp3) is 0.429. The third kappa shape index (κ3) is 5.10. The van der Waals surface area contributed by atoms with E-state index in [1.807, 2.05) is 0 Å². The maximum absolute atomic E-state index is 11.6. The smallest absolute Gasteiger partial charge is 0.338 e. The number of carbonyl (C=O) groups excluding carboxylic acids is 2. The normalized spacial score (nSPS) is 10.1. The number of ether oxygens (including phenoxy) is 2. The van der Waals surface area contributed by atoms with Crippen LogP contribution in [0, 0.1) is 0 Å². The van der Waals surface area contributed by atoms with Gasteiger partial charge in [0.1, 0.15) is 12.9 Å². The van der Waals surface area contributed by atoms with Gasteiger partial charge >= 0.3 is 5.97 Å². The first-order valence-electron chi connectivity index (χ1n) is 6.08. The molecule has 0 aliphatic heterocycles. The third-order valence-corrected chi connectivity index (χ3v) is 2.39. The van der Waals surface area contributed by atoms with Gasteiger partial charge in [-0.3, -0.25) is 4.79 Å². The molecule has 4 nitrogen and oxygen atoms in total. The molecule has 0 aliphatic rings. The van der Waals surface area contributed by atoms with Gasteiger partial charge in [0, 0.05) is 12.2 Å². The molecule has 0 amide bonds. The Morgan fingerprint density at radius 2 is 1.89 bits per heavy atom. The Morgan fingerprint density at radius 1 is 1.17 bits per heavy atom. The zero-order valence-electron chi connectivity index (χ0n) is 10.6. The van der Waals surface area contributed by atoms with Crippen molar-refractivity contribution in [2.24, 2.45) is 0 Å². The summed E-state index contributed by atoms with van der Waals surface area (Å²) in [5, 5.41) is 0. The van der Waals surface area contributed by atoms with E-state index >= 15 is 0 Å². The number of unbranched alkanes of at least 4 members (excludes halogenated alkanes) is 1. The molecule has 0 fully saturated rings. The van der Waals surface area contributed by atoms with Crippen molar-refractivity contribution in [1.82, 2.24) is 0 Å². The van der Waals surface area contributed by atoms with Crippen LogP contribution in [0.15, 0.2) is 24.3 Å². The fourth-order valence-corrected chi connectivity index (χ4v) is 1.32. The van der Waals surface area contributed by atoms with Gasteiger partial charge in [-0.2, -0.15) is 0 Å². The lowest BCUT2D eigenvalue weighted by atomic mass is 10.1. The molecule has 0 spiro atoms. The second-order valence-corrected chi connectivity index (χ2v) is 3.84. The molecule has 4 heteroatoms. The van der Waals surface area contributed by atoms with Gasteiger partial charge in [0.25, 0.3) is 0 Å². The minimum absolute atomic E-state index is 0.248. The summed E-state index contributed by atoms with van der Waals surface area (Å²) in [5.41, 5.74) is 0.976. The van der Waals surface area contributed by atoms with E-state index < -0.39 is 5.97 Å². The predicted molar refractivity (Wildman–Crippen MR) is 67.8 cm³/mol. The van der Waals surface area contributed by atoms with Gasteiger partial charge in [-0.1, -0.05) is 25.5 Å². The molecular weight excluding hydrogens is 232 g/mol. The van der Waals surface area contributed by atoms with Crippen molar-refractivity contribution in [3.63, 3.8) is 0 Å². The third-order valence-electron chi connectivity index (χ3n) is 2.39. The van der Waals surface area contributed by atoms with E-state index in [1.54, 1.807) is 24.3 Å². The number of hydrogen-bond donors (Lipinski definition) is 0. The molecular formula is C14H18O4. The predicted octanol–water partition coefficient (Wildman–Crippen LogP) is 2.47. The SMILES string of the molecule is CCCCOCCOC(=O)c1ccc(C=O)cc1. The van der Waals surface area contributed by atoms with Gasteiger partial charge in [0.2, 0.25) is 0 Å². The number of hydrogen-bond acceptors (Lipinski definition) is 4. The molecule has 0 atom stereocenters. The minimum Gasteiger partial charge on any atom is -0.460 e. The van der Waals surface area contributed by atoms with Crippen molar-refractivity contribution in [3.05, 3.63) is 35.4 Å². The first-order chi connectivity index (χ1) is 8.77. The first-order valence-corrected chi connectivity index (χ1v) is 6.08. The Morgan fingerprint density at radius 3 is 2.50 bits per heavy atom. The molecule has 0 heterocycles. The van der Waals surface area contributed by atoms with E-state index in [-0.39, 0.29) is 6.61 Å². The molecule has 1 aromatic rings. The lowest BCUT2D eigenvalue weighted by Crippen LogP contribution is -2.11. The van der Waals surface area contributed by atoms with Crippen molar-refractivity contribution >= 4 is 12.3 Å². The van der Waals surface area contributed by atoms with Crippen LogP contribution >= 0.6 is 0 Å². The standard InChI is InChI=1S/C14H18O4/c1-2-3-8-17-9-10-18-14(16)13-6-4-12(11-15)5-7-13/h4-7,11H,2-3,8-10H2,1H3. The number of aldehydes is 1. The highest BCUT2D eigenvalue weighted by atomic mass is 16.6. The largest absolute Gasteiger partial charge is 0.460 e. The van der Waals surface area contributed by atoms with Gasteiger partial charge in [-0.15, -0.1) is 0 Å². The summed E-state index contributed by atoms with van der Waals surface area (Å²) < 4.78 is 10.3. The maximum Gasteiger partial charge on any atom is 0.338 e. The van der Waals surface area contributed by atoms with Crippen molar-refractivity contribution in [3.8, 4) is 0 Å². The summed E-state index contributed by atoms with van der Waals surface area (Å²) >= 11 is 0. The monoisotopic (exact) mass is 250 g/mol. The van der Waals surface area contributed by atoms with Crippen molar-refractivity contribution in [2.75, 3.05) is 19.8 Å². The molecule has 0 saturated carbocycles. The Hall–Kier alpha value is -1.68. The van der Waals surface area contributed by atoms with E-state index in [1.165, 1.54) is 0 Å². The van der Waals surface area contributed by atoms with Crippen LogP contribution in [0.2, 0.25) is 0 Å². The molecule has 0 aromatic heterocycles. The maximum atomic E-state index is 11.6.